The lowest BCUT2D eigenvalue weighted by atomic mass is 10.2. The SMILES string of the molecule is CCNC(=NCCOc1ccccc1C(F)(F)F)NC(C)COC.I. The minimum absolute atomic E-state index is 0. The second kappa shape index (κ2) is 12.2. The van der Waals surface area contributed by atoms with E-state index in [1.807, 2.05) is 13.8 Å². The number of hydrogen-bond acceptors (Lipinski definition) is 3. The van der Waals surface area contributed by atoms with Gasteiger partial charge in [-0.2, -0.15) is 13.2 Å². The van der Waals surface area contributed by atoms with E-state index >= 15 is 0 Å². The first-order valence-electron chi connectivity index (χ1n) is 7.71. The van der Waals surface area contributed by atoms with Crippen LogP contribution in [-0.4, -0.2) is 45.4 Å². The Bertz CT molecular complexity index is 528. The normalized spacial score (nSPS) is 13.0. The van der Waals surface area contributed by atoms with Gasteiger partial charge in [0.25, 0.3) is 0 Å². The van der Waals surface area contributed by atoms with E-state index < -0.39 is 11.7 Å². The number of hydrogen-bond donors (Lipinski definition) is 2. The third kappa shape index (κ3) is 9.15. The maximum absolute atomic E-state index is 12.9. The summed E-state index contributed by atoms with van der Waals surface area (Å²) in [7, 11) is 1.61. The number of rotatable bonds is 8. The van der Waals surface area contributed by atoms with Crippen molar-refractivity contribution in [1.29, 1.82) is 0 Å². The molecule has 9 heteroatoms. The molecule has 0 fully saturated rings. The van der Waals surface area contributed by atoms with E-state index in [0.717, 1.165) is 6.07 Å². The molecule has 0 saturated carbocycles. The first-order valence-corrected chi connectivity index (χ1v) is 7.71. The molecule has 0 aliphatic heterocycles. The zero-order chi connectivity index (χ0) is 18.0. The van der Waals surface area contributed by atoms with Gasteiger partial charge in [0.15, 0.2) is 5.96 Å². The van der Waals surface area contributed by atoms with Gasteiger partial charge in [0.2, 0.25) is 0 Å². The van der Waals surface area contributed by atoms with Crippen molar-refractivity contribution >= 4 is 29.9 Å². The van der Waals surface area contributed by atoms with Crippen molar-refractivity contribution in [3.8, 4) is 5.75 Å². The molecule has 2 N–H and O–H groups in total. The number of halogens is 4. The average Bonchev–Trinajstić information content (AvgIpc) is 2.51. The highest BCUT2D eigenvalue weighted by atomic mass is 127. The monoisotopic (exact) mass is 475 g/mol. The minimum Gasteiger partial charge on any atom is -0.491 e. The van der Waals surface area contributed by atoms with Gasteiger partial charge in [-0.15, -0.1) is 24.0 Å². The summed E-state index contributed by atoms with van der Waals surface area (Å²) < 4.78 is 48.9. The zero-order valence-electron chi connectivity index (χ0n) is 14.5. The van der Waals surface area contributed by atoms with Crippen LogP contribution in [0, 0.1) is 0 Å². The molecule has 0 bridgehead atoms. The summed E-state index contributed by atoms with van der Waals surface area (Å²) in [4.78, 5) is 4.28. The third-order valence-electron chi connectivity index (χ3n) is 2.96. The van der Waals surface area contributed by atoms with Crippen molar-refractivity contribution in [2.45, 2.75) is 26.1 Å². The molecule has 0 aliphatic rings. The summed E-state index contributed by atoms with van der Waals surface area (Å²) in [6, 6.07) is 5.19. The van der Waals surface area contributed by atoms with Crippen LogP contribution in [-0.2, 0) is 10.9 Å². The van der Waals surface area contributed by atoms with Gasteiger partial charge in [-0.1, -0.05) is 12.1 Å². The summed E-state index contributed by atoms with van der Waals surface area (Å²) in [6.45, 7) is 5.31. The van der Waals surface area contributed by atoms with Crippen LogP contribution in [0.25, 0.3) is 0 Å². The van der Waals surface area contributed by atoms with Gasteiger partial charge in [-0.25, -0.2) is 4.99 Å². The van der Waals surface area contributed by atoms with Crippen molar-refractivity contribution in [3.63, 3.8) is 0 Å². The van der Waals surface area contributed by atoms with Gasteiger partial charge < -0.3 is 20.1 Å². The summed E-state index contributed by atoms with van der Waals surface area (Å²) in [6.07, 6.45) is -4.44. The van der Waals surface area contributed by atoms with Crippen LogP contribution in [0.1, 0.15) is 19.4 Å². The Kier molecular flexibility index (Phi) is 11.6. The van der Waals surface area contributed by atoms with Crippen molar-refractivity contribution in [2.75, 3.05) is 33.4 Å². The highest BCUT2D eigenvalue weighted by Gasteiger charge is 2.33. The first kappa shape index (κ1) is 23.8. The molecular weight excluding hydrogens is 450 g/mol. The minimum atomic E-state index is -4.44. The Labute approximate surface area is 163 Å². The van der Waals surface area contributed by atoms with Crippen molar-refractivity contribution in [3.05, 3.63) is 29.8 Å². The van der Waals surface area contributed by atoms with Gasteiger partial charge in [0.05, 0.1) is 18.7 Å². The number of alkyl halides is 3. The molecule has 0 aliphatic carbocycles. The molecular formula is C16H25F3IN3O2. The standard InChI is InChI=1S/C16H24F3N3O2.HI/c1-4-20-15(22-12(2)11-23-3)21-9-10-24-14-8-6-5-7-13(14)16(17,18)19;/h5-8,12H,4,9-11H2,1-3H3,(H2,20,21,22);1H. The van der Waals surface area contributed by atoms with Crippen LogP contribution < -0.4 is 15.4 Å². The Morgan fingerprint density at radius 1 is 1.28 bits per heavy atom. The summed E-state index contributed by atoms with van der Waals surface area (Å²) >= 11 is 0. The number of guanidine groups is 1. The lowest BCUT2D eigenvalue weighted by Crippen LogP contribution is -2.44. The molecule has 1 aromatic rings. The predicted molar refractivity (Wildman–Crippen MR) is 103 cm³/mol. The van der Waals surface area contributed by atoms with Crippen LogP contribution in [0.2, 0.25) is 0 Å². The highest BCUT2D eigenvalue weighted by molar-refractivity contribution is 14.0. The fourth-order valence-electron chi connectivity index (χ4n) is 1.98. The maximum Gasteiger partial charge on any atom is 0.419 e. The smallest absolute Gasteiger partial charge is 0.419 e. The molecule has 0 aromatic heterocycles. The van der Waals surface area contributed by atoms with E-state index in [-0.39, 0.29) is 48.9 Å². The zero-order valence-corrected chi connectivity index (χ0v) is 16.9. The Morgan fingerprint density at radius 2 is 1.96 bits per heavy atom. The lowest BCUT2D eigenvalue weighted by molar-refractivity contribution is -0.138. The van der Waals surface area contributed by atoms with Crippen LogP contribution in [0.4, 0.5) is 13.2 Å². The van der Waals surface area contributed by atoms with Gasteiger partial charge in [0, 0.05) is 19.7 Å². The van der Waals surface area contributed by atoms with E-state index in [2.05, 4.69) is 15.6 Å². The molecule has 0 radical (unpaired) electrons. The number of ether oxygens (including phenoxy) is 2. The van der Waals surface area contributed by atoms with Crippen LogP contribution in [0.15, 0.2) is 29.3 Å². The topological polar surface area (TPSA) is 54.9 Å². The van der Waals surface area contributed by atoms with E-state index in [1.54, 1.807) is 7.11 Å². The highest BCUT2D eigenvalue weighted by Crippen LogP contribution is 2.35. The second-order valence-electron chi connectivity index (χ2n) is 5.10. The molecule has 1 rings (SSSR count). The largest absolute Gasteiger partial charge is 0.491 e. The number of nitrogens with zero attached hydrogens (tertiary/aromatic N) is 1. The molecule has 0 heterocycles. The van der Waals surface area contributed by atoms with Crippen molar-refractivity contribution < 1.29 is 22.6 Å². The number of nitrogens with one attached hydrogen (secondary N) is 2. The molecule has 0 saturated heterocycles. The molecule has 144 valence electrons. The molecule has 1 atom stereocenters. The Morgan fingerprint density at radius 3 is 2.56 bits per heavy atom. The van der Waals surface area contributed by atoms with E-state index in [9.17, 15) is 13.2 Å². The van der Waals surface area contributed by atoms with Crippen molar-refractivity contribution in [1.82, 2.24) is 10.6 Å². The van der Waals surface area contributed by atoms with Crippen molar-refractivity contribution in [2.24, 2.45) is 4.99 Å². The molecule has 5 nitrogen and oxygen atoms in total. The maximum atomic E-state index is 12.9. The molecule has 0 amide bonds. The molecule has 25 heavy (non-hydrogen) atoms. The van der Waals surface area contributed by atoms with E-state index in [0.29, 0.717) is 19.1 Å². The van der Waals surface area contributed by atoms with Crippen LogP contribution in [0.3, 0.4) is 0 Å². The fourth-order valence-corrected chi connectivity index (χ4v) is 1.98. The fraction of sp³-hybridized carbons (Fsp3) is 0.562. The lowest BCUT2D eigenvalue weighted by Gasteiger charge is -2.17. The molecule has 1 aromatic carbocycles. The van der Waals surface area contributed by atoms with Gasteiger partial charge in [0.1, 0.15) is 12.4 Å². The number of para-hydroxylation sites is 1. The van der Waals surface area contributed by atoms with Gasteiger partial charge in [-0.05, 0) is 26.0 Å². The summed E-state index contributed by atoms with van der Waals surface area (Å²) in [5.74, 6) is 0.376. The first-order chi connectivity index (χ1) is 11.4. The summed E-state index contributed by atoms with van der Waals surface area (Å²) in [5, 5.41) is 6.19. The summed E-state index contributed by atoms with van der Waals surface area (Å²) in [5.41, 5.74) is -0.785. The molecule has 1 unspecified atom stereocenters. The van der Waals surface area contributed by atoms with Gasteiger partial charge >= 0.3 is 6.18 Å². The number of methoxy groups -OCH3 is 1. The number of aliphatic imine (C=N–C) groups is 1. The van der Waals surface area contributed by atoms with E-state index in [1.165, 1.54) is 18.2 Å². The quantitative estimate of drug-likeness (QED) is 0.262. The predicted octanol–water partition coefficient (Wildman–Crippen LogP) is 3.29. The third-order valence-corrected chi connectivity index (χ3v) is 2.96. The van der Waals surface area contributed by atoms with Gasteiger partial charge in [-0.3, -0.25) is 0 Å². The average molecular weight is 475 g/mol. The van der Waals surface area contributed by atoms with Crippen LogP contribution in [0.5, 0.6) is 5.75 Å². The number of benzene rings is 1. The Hall–Kier alpha value is -1.23. The Balaban J connectivity index is 0.00000576. The second-order valence-corrected chi connectivity index (χ2v) is 5.10. The van der Waals surface area contributed by atoms with E-state index in [4.69, 9.17) is 9.47 Å². The van der Waals surface area contributed by atoms with Crippen LogP contribution >= 0.6 is 24.0 Å². The molecule has 0 spiro atoms.